The average Bonchev–Trinajstić information content (AvgIpc) is 1.58. The van der Waals surface area contributed by atoms with Crippen molar-refractivity contribution in [2.24, 2.45) is 5.73 Å². The molecule has 68 valence electrons. The highest BCUT2D eigenvalue weighted by atomic mass is 32.3. The van der Waals surface area contributed by atoms with Crippen LogP contribution < -0.4 is 5.73 Å². The zero-order valence-corrected chi connectivity index (χ0v) is 6.54. The molecule has 0 aliphatic heterocycles. The molecule has 0 aromatic heterocycles. The minimum absolute atomic E-state index is 0.356. The summed E-state index contributed by atoms with van der Waals surface area (Å²) < 4.78 is 35.8. The van der Waals surface area contributed by atoms with Gasteiger partial charge in [-0.2, -0.15) is 8.42 Å². The number of hydrogen-bond donors (Lipinski definition) is 3. The Bertz CT molecular complexity index is 188. The number of rotatable bonds is 1. The number of nitrogens with two attached hydrogens (primary N) is 1. The first-order chi connectivity index (χ1) is 4.77. The highest BCUT2D eigenvalue weighted by Crippen LogP contribution is 1.66. The van der Waals surface area contributed by atoms with Crippen LogP contribution in [-0.4, -0.2) is 30.2 Å². The minimum atomic E-state index is -4.67. The van der Waals surface area contributed by atoms with Crippen LogP contribution in [0.3, 0.4) is 0 Å². The molecule has 0 rings (SSSR count). The molecule has 0 aromatic rings. The number of carbonyl (C=O) groups is 1. The molecule has 4 N–H and O–H groups in total. The molecule has 0 aliphatic carbocycles. The summed E-state index contributed by atoms with van der Waals surface area (Å²) >= 11 is 0. The van der Waals surface area contributed by atoms with E-state index < -0.39 is 16.5 Å². The van der Waals surface area contributed by atoms with Crippen molar-refractivity contribution in [2.45, 2.75) is 6.92 Å². The second-order valence-corrected chi connectivity index (χ2v) is 2.10. The molecular weight excluding hydrogens is 178 g/mol. The first kappa shape index (κ1) is 12.8. The van der Waals surface area contributed by atoms with Crippen molar-refractivity contribution in [3.63, 3.8) is 0 Å². The predicted octanol–water partition coefficient (Wildman–Crippen LogP) is -0.551. The fourth-order valence-corrected chi connectivity index (χ4v) is 0.142. The number of carbonyl (C=O) groups excluding carboxylic acids is 1. The predicted molar refractivity (Wildman–Crippen MR) is 35.4 cm³/mol. The van der Waals surface area contributed by atoms with E-state index in [-0.39, 0.29) is 0 Å². The lowest BCUT2D eigenvalue weighted by Crippen LogP contribution is -2.11. The molecule has 0 spiro atoms. The van der Waals surface area contributed by atoms with Gasteiger partial charge >= 0.3 is 16.5 Å². The fraction of sp³-hybridized carbons (Fsp3) is 0.667. The van der Waals surface area contributed by atoms with Crippen molar-refractivity contribution in [2.75, 3.05) is 6.61 Å². The molecular formula is C3H9NO6S. The first-order valence-electron chi connectivity index (χ1n) is 2.39. The van der Waals surface area contributed by atoms with E-state index in [0.29, 0.717) is 6.61 Å². The van der Waals surface area contributed by atoms with Gasteiger partial charge in [0, 0.05) is 0 Å². The van der Waals surface area contributed by atoms with Crippen LogP contribution in [0.2, 0.25) is 0 Å². The Morgan fingerprint density at radius 3 is 1.82 bits per heavy atom. The number of primary amides is 1. The van der Waals surface area contributed by atoms with Crippen LogP contribution in [-0.2, 0) is 15.1 Å². The number of ether oxygens (including phenoxy) is 1. The quantitative estimate of drug-likeness (QED) is 0.472. The van der Waals surface area contributed by atoms with Gasteiger partial charge in [-0.05, 0) is 6.92 Å². The van der Waals surface area contributed by atoms with Crippen molar-refractivity contribution >= 4 is 16.5 Å². The third kappa shape index (κ3) is 102. The third-order valence-corrected chi connectivity index (χ3v) is 0.287. The van der Waals surface area contributed by atoms with E-state index in [0.717, 1.165) is 0 Å². The number of amides is 1. The largest absolute Gasteiger partial charge is 0.450 e. The maximum Gasteiger partial charge on any atom is 0.404 e. The molecule has 0 atom stereocenters. The highest BCUT2D eigenvalue weighted by Gasteiger charge is 1.84. The average molecular weight is 187 g/mol. The van der Waals surface area contributed by atoms with E-state index >= 15 is 0 Å². The van der Waals surface area contributed by atoms with Gasteiger partial charge < -0.3 is 10.5 Å². The normalized spacial score (nSPS) is 9.36. The zero-order valence-electron chi connectivity index (χ0n) is 5.72. The highest BCUT2D eigenvalue weighted by molar-refractivity contribution is 7.79. The molecule has 0 aliphatic rings. The smallest absolute Gasteiger partial charge is 0.404 e. The fourth-order valence-electron chi connectivity index (χ4n) is 0.142. The van der Waals surface area contributed by atoms with Gasteiger partial charge in [0.1, 0.15) is 0 Å². The second-order valence-electron chi connectivity index (χ2n) is 1.20. The Morgan fingerprint density at radius 2 is 1.82 bits per heavy atom. The maximum atomic E-state index is 9.60. The summed E-state index contributed by atoms with van der Waals surface area (Å²) in [5, 5.41) is 0. The van der Waals surface area contributed by atoms with Gasteiger partial charge in [-0.25, -0.2) is 4.79 Å². The number of hydrogen-bond acceptors (Lipinski definition) is 4. The van der Waals surface area contributed by atoms with Crippen molar-refractivity contribution < 1.29 is 27.1 Å². The van der Waals surface area contributed by atoms with Gasteiger partial charge in [-0.3, -0.25) is 9.11 Å². The second kappa shape index (κ2) is 5.89. The molecule has 0 unspecified atom stereocenters. The van der Waals surface area contributed by atoms with E-state index in [4.69, 9.17) is 17.5 Å². The van der Waals surface area contributed by atoms with Gasteiger partial charge in [0.15, 0.2) is 0 Å². The topological polar surface area (TPSA) is 127 Å². The van der Waals surface area contributed by atoms with Gasteiger partial charge in [-0.15, -0.1) is 0 Å². The van der Waals surface area contributed by atoms with Crippen molar-refractivity contribution in [3.05, 3.63) is 0 Å². The van der Waals surface area contributed by atoms with E-state index in [9.17, 15) is 4.79 Å². The van der Waals surface area contributed by atoms with Crippen LogP contribution in [0.15, 0.2) is 0 Å². The van der Waals surface area contributed by atoms with Crippen molar-refractivity contribution in [1.82, 2.24) is 0 Å². The molecule has 1 amide bonds. The summed E-state index contributed by atoms with van der Waals surface area (Å²) in [7, 11) is -4.67. The Morgan fingerprint density at radius 1 is 1.55 bits per heavy atom. The van der Waals surface area contributed by atoms with Crippen LogP contribution in [0.4, 0.5) is 4.79 Å². The molecule has 0 saturated heterocycles. The van der Waals surface area contributed by atoms with Crippen LogP contribution >= 0.6 is 0 Å². The van der Waals surface area contributed by atoms with Gasteiger partial charge in [-0.1, -0.05) is 0 Å². The van der Waals surface area contributed by atoms with E-state index in [1.54, 1.807) is 6.92 Å². The molecule has 0 radical (unpaired) electrons. The van der Waals surface area contributed by atoms with E-state index in [2.05, 4.69) is 10.5 Å². The van der Waals surface area contributed by atoms with Gasteiger partial charge in [0.2, 0.25) is 0 Å². The Labute approximate surface area is 63.7 Å². The summed E-state index contributed by atoms with van der Waals surface area (Å²) in [4.78, 5) is 9.60. The van der Waals surface area contributed by atoms with Crippen molar-refractivity contribution in [1.29, 1.82) is 0 Å². The van der Waals surface area contributed by atoms with Gasteiger partial charge in [0.05, 0.1) is 6.61 Å². The SMILES string of the molecule is CCOC(N)=O.O=S(=O)(O)O. The molecule has 0 bridgehead atoms. The maximum absolute atomic E-state index is 9.60. The van der Waals surface area contributed by atoms with Crippen LogP contribution in [0.25, 0.3) is 0 Å². The summed E-state index contributed by atoms with van der Waals surface area (Å²) in [5.74, 6) is 0. The summed E-state index contributed by atoms with van der Waals surface area (Å²) in [6, 6.07) is 0. The van der Waals surface area contributed by atoms with E-state index in [1.807, 2.05) is 0 Å². The molecule has 0 fully saturated rings. The van der Waals surface area contributed by atoms with Crippen LogP contribution in [0.1, 0.15) is 6.92 Å². The molecule has 11 heavy (non-hydrogen) atoms. The van der Waals surface area contributed by atoms with Crippen LogP contribution in [0.5, 0.6) is 0 Å². The third-order valence-electron chi connectivity index (χ3n) is 0.287. The molecule has 0 saturated carbocycles. The first-order valence-corrected chi connectivity index (χ1v) is 3.79. The molecule has 7 nitrogen and oxygen atoms in total. The Hall–Kier alpha value is -0.860. The standard InChI is InChI=1S/C3H7NO2.H2O4S/c1-2-6-3(4)5;1-5(2,3)4/h2H2,1H3,(H2,4,5);(H2,1,2,3,4). The van der Waals surface area contributed by atoms with Gasteiger partial charge in [0.25, 0.3) is 0 Å². The summed E-state index contributed by atoms with van der Waals surface area (Å²) in [6.07, 6.45) is -0.711. The minimum Gasteiger partial charge on any atom is -0.450 e. The summed E-state index contributed by atoms with van der Waals surface area (Å²) in [5.41, 5.74) is 4.54. The Kier molecular flexibility index (Phi) is 6.85. The van der Waals surface area contributed by atoms with Crippen molar-refractivity contribution in [3.8, 4) is 0 Å². The Balaban J connectivity index is 0. The van der Waals surface area contributed by atoms with E-state index in [1.165, 1.54) is 0 Å². The molecule has 8 heteroatoms. The molecule has 0 aromatic carbocycles. The summed E-state index contributed by atoms with van der Waals surface area (Å²) in [6.45, 7) is 2.06. The molecule has 0 heterocycles. The lowest BCUT2D eigenvalue weighted by molar-refractivity contribution is 0.163. The monoisotopic (exact) mass is 187 g/mol. The van der Waals surface area contributed by atoms with Crippen LogP contribution in [0, 0.1) is 0 Å². The lowest BCUT2D eigenvalue weighted by atomic mass is 10.9. The lowest BCUT2D eigenvalue weighted by Gasteiger charge is -1.89. The zero-order chi connectivity index (χ0) is 9.49.